The molecule has 6 atom stereocenters. The van der Waals surface area contributed by atoms with Gasteiger partial charge >= 0.3 is 11.9 Å². The van der Waals surface area contributed by atoms with Crippen molar-refractivity contribution in [2.45, 2.75) is 52.4 Å². The number of hydrogen-bond acceptors (Lipinski definition) is 6. The molecule has 5 rings (SSSR count). The van der Waals surface area contributed by atoms with Crippen LogP contribution >= 0.6 is 11.3 Å². The van der Waals surface area contributed by atoms with Crippen molar-refractivity contribution in [2.24, 2.45) is 34.5 Å². The van der Waals surface area contributed by atoms with Crippen LogP contribution in [0.25, 0.3) is 0 Å². The summed E-state index contributed by atoms with van der Waals surface area (Å²) in [5, 5.41) is 10.1. The predicted octanol–water partition coefficient (Wildman–Crippen LogP) is 4.60. The normalized spacial score (nSPS) is 37.8. The standard InChI is InChI=1S/C25H29NO5S/c1-14-21(32-13-26-14)23(30)31-12-25-10-8-18-17(19(25)5-6-20(25)22(28)29)4-3-15-11-16(27)7-9-24(15,18)2/h7,9,11,13,17-20H,3-6,8,10,12H2,1-2H3,(H,28,29)/t17-,18+,19+,20-,24+,25-/m1/s1. The molecule has 170 valence electrons. The molecule has 1 N–H and O–H groups in total. The van der Waals surface area contributed by atoms with E-state index in [-0.39, 0.29) is 23.7 Å². The molecule has 6 nitrogen and oxygen atoms in total. The molecule has 4 aliphatic rings. The van der Waals surface area contributed by atoms with E-state index in [2.05, 4.69) is 18.0 Å². The lowest BCUT2D eigenvalue weighted by Gasteiger charge is -2.57. The summed E-state index contributed by atoms with van der Waals surface area (Å²) in [5.74, 6) is -0.626. The number of ketones is 1. The van der Waals surface area contributed by atoms with E-state index in [1.54, 1.807) is 18.5 Å². The Balaban J connectivity index is 1.44. The molecule has 0 spiro atoms. The van der Waals surface area contributed by atoms with Crippen LogP contribution in [0.4, 0.5) is 0 Å². The summed E-state index contributed by atoms with van der Waals surface area (Å²) in [6, 6.07) is 0. The number of carboxylic acids is 1. The van der Waals surface area contributed by atoms with Gasteiger partial charge in [0.1, 0.15) is 4.88 Å². The third kappa shape index (κ3) is 3.11. The fourth-order valence-electron chi connectivity index (χ4n) is 7.42. The predicted molar refractivity (Wildman–Crippen MR) is 119 cm³/mol. The van der Waals surface area contributed by atoms with Gasteiger partial charge in [0.15, 0.2) is 5.78 Å². The van der Waals surface area contributed by atoms with Gasteiger partial charge < -0.3 is 9.84 Å². The second kappa shape index (κ2) is 7.65. The first-order valence-corrected chi connectivity index (χ1v) is 12.4. The number of hydrogen-bond donors (Lipinski definition) is 1. The molecule has 0 aromatic carbocycles. The van der Waals surface area contributed by atoms with Gasteiger partial charge in [-0.15, -0.1) is 11.3 Å². The Morgan fingerprint density at radius 1 is 1.25 bits per heavy atom. The zero-order valence-electron chi connectivity index (χ0n) is 18.5. The van der Waals surface area contributed by atoms with E-state index in [0.717, 1.165) is 32.1 Å². The highest BCUT2D eigenvalue weighted by Gasteiger charge is 2.62. The fraction of sp³-hybridized carbons (Fsp3) is 0.600. The number of allylic oxidation sites excluding steroid dienone is 4. The van der Waals surface area contributed by atoms with Gasteiger partial charge in [0, 0.05) is 10.8 Å². The van der Waals surface area contributed by atoms with Crippen molar-refractivity contribution in [3.05, 3.63) is 39.9 Å². The van der Waals surface area contributed by atoms with Crippen molar-refractivity contribution in [3.8, 4) is 0 Å². The molecule has 0 aliphatic heterocycles. The van der Waals surface area contributed by atoms with Crippen LogP contribution in [0.2, 0.25) is 0 Å². The summed E-state index contributed by atoms with van der Waals surface area (Å²) in [5.41, 5.74) is 2.84. The van der Waals surface area contributed by atoms with Crippen molar-refractivity contribution in [2.75, 3.05) is 6.61 Å². The van der Waals surface area contributed by atoms with Gasteiger partial charge in [-0.1, -0.05) is 18.6 Å². The minimum Gasteiger partial charge on any atom is -0.481 e. The van der Waals surface area contributed by atoms with E-state index in [1.807, 2.05) is 6.08 Å². The molecule has 7 heteroatoms. The number of thiazole rings is 1. The van der Waals surface area contributed by atoms with Crippen LogP contribution in [-0.4, -0.2) is 34.4 Å². The van der Waals surface area contributed by atoms with Crippen LogP contribution in [0.5, 0.6) is 0 Å². The minimum absolute atomic E-state index is 0.0677. The van der Waals surface area contributed by atoms with Crippen LogP contribution in [0.1, 0.15) is 60.8 Å². The number of rotatable bonds is 4. The number of nitrogens with zero attached hydrogens (tertiary/aromatic N) is 1. The molecule has 0 unspecified atom stereocenters. The van der Waals surface area contributed by atoms with E-state index >= 15 is 0 Å². The number of fused-ring (bicyclic) bond motifs is 5. The quantitative estimate of drug-likeness (QED) is 0.667. The molecule has 0 saturated heterocycles. The first-order valence-electron chi connectivity index (χ1n) is 11.5. The Bertz CT molecular complexity index is 1040. The second-order valence-electron chi connectivity index (χ2n) is 10.2. The van der Waals surface area contributed by atoms with Crippen LogP contribution < -0.4 is 0 Å². The zero-order valence-corrected chi connectivity index (χ0v) is 19.3. The first-order chi connectivity index (χ1) is 15.3. The monoisotopic (exact) mass is 455 g/mol. The Kier molecular flexibility index (Phi) is 5.15. The molecule has 1 heterocycles. The molecule has 0 bridgehead atoms. The van der Waals surface area contributed by atoms with Crippen molar-refractivity contribution in [1.29, 1.82) is 0 Å². The maximum absolute atomic E-state index is 12.7. The van der Waals surface area contributed by atoms with Crippen molar-refractivity contribution in [1.82, 2.24) is 4.98 Å². The third-order valence-corrected chi connectivity index (χ3v) is 9.88. The Labute approximate surface area is 191 Å². The molecule has 4 aliphatic carbocycles. The van der Waals surface area contributed by atoms with Crippen molar-refractivity contribution in [3.63, 3.8) is 0 Å². The number of carbonyl (C=O) groups is 3. The fourth-order valence-corrected chi connectivity index (χ4v) is 8.12. The Morgan fingerprint density at radius 3 is 2.78 bits per heavy atom. The lowest BCUT2D eigenvalue weighted by atomic mass is 9.47. The number of ether oxygens (including phenoxy) is 1. The van der Waals surface area contributed by atoms with Gasteiger partial charge in [-0.2, -0.15) is 0 Å². The Morgan fingerprint density at radius 2 is 2.06 bits per heavy atom. The smallest absolute Gasteiger partial charge is 0.350 e. The number of carbonyl (C=O) groups excluding carboxylic acids is 2. The van der Waals surface area contributed by atoms with E-state index in [1.165, 1.54) is 16.9 Å². The molecule has 1 aromatic rings. The van der Waals surface area contributed by atoms with E-state index in [9.17, 15) is 19.5 Å². The van der Waals surface area contributed by atoms with Crippen molar-refractivity contribution >= 4 is 29.1 Å². The number of aromatic nitrogens is 1. The van der Waals surface area contributed by atoms with Gasteiger partial charge in [-0.05, 0) is 75.4 Å². The van der Waals surface area contributed by atoms with Gasteiger partial charge in [0.05, 0.1) is 23.7 Å². The van der Waals surface area contributed by atoms with E-state index in [0.29, 0.717) is 28.8 Å². The summed E-state index contributed by atoms with van der Waals surface area (Å²) in [7, 11) is 0. The summed E-state index contributed by atoms with van der Waals surface area (Å²) in [6.45, 7) is 4.18. The Hall–Kier alpha value is -2.28. The van der Waals surface area contributed by atoms with E-state index in [4.69, 9.17) is 4.74 Å². The lowest BCUT2D eigenvalue weighted by Crippen LogP contribution is -2.53. The highest BCUT2D eigenvalue weighted by molar-refractivity contribution is 7.11. The van der Waals surface area contributed by atoms with Crippen LogP contribution in [0.15, 0.2) is 29.3 Å². The maximum Gasteiger partial charge on any atom is 0.350 e. The number of carboxylic acid groups (broad SMARTS) is 1. The molecule has 3 fully saturated rings. The largest absolute Gasteiger partial charge is 0.481 e. The van der Waals surface area contributed by atoms with Crippen molar-refractivity contribution < 1.29 is 24.2 Å². The topological polar surface area (TPSA) is 93.6 Å². The summed E-state index contributed by atoms with van der Waals surface area (Å²) in [6.07, 6.45) is 10.5. The SMILES string of the molecule is Cc1ncsc1C(=O)OC[C@]12CC[C@H]3[C@@H](CCC4=CC(=O)C=C[C@@]43C)[C@@H]1CC[C@@H]2C(=O)O. The molecular formula is C25H29NO5S. The molecule has 3 saturated carbocycles. The van der Waals surface area contributed by atoms with Gasteiger partial charge in [-0.25, -0.2) is 9.78 Å². The number of aryl methyl sites for hydroxylation is 1. The van der Waals surface area contributed by atoms with Gasteiger partial charge in [0.25, 0.3) is 0 Å². The average Bonchev–Trinajstić information content (AvgIpc) is 3.36. The zero-order chi connectivity index (χ0) is 22.7. The maximum atomic E-state index is 12.7. The molecule has 32 heavy (non-hydrogen) atoms. The van der Waals surface area contributed by atoms with Crippen LogP contribution in [0, 0.1) is 41.4 Å². The summed E-state index contributed by atoms with van der Waals surface area (Å²) in [4.78, 5) is 41.6. The number of aliphatic carboxylic acids is 1. The molecule has 1 aromatic heterocycles. The van der Waals surface area contributed by atoms with Crippen LogP contribution in [-0.2, 0) is 14.3 Å². The van der Waals surface area contributed by atoms with Crippen LogP contribution in [0.3, 0.4) is 0 Å². The van der Waals surface area contributed by atoms with Gasteiger partial charge in [0.2, 0.25) is 0 Å². The second-order valence-corrected chi connectivity index (χ2v) is 11.0. The summed E-state index contributed by atoms with van der Waals surface area (Å²) < 4.78 is 5.82. The minimum atomic E-state index is -0.776. The van der Waals surface area contributed by atoms with Gasteiger partial charge in [-0.3, -0.25) is 9.59 Å². The van der Waals surface area contributed by atoms with E-state index < -0.39 is 23.3 Å². The molecule has 0 amide bonds. The average molecular weight is 456 g/mol. The molecule has 0 radical (unpaired) electrons. The molecular weight excluding hydrogens is 426 g/mol. The number of esters is 1. The lowest BCUT2D eigenvalue weighted by molar-refractivity contribution is -0.153. The highest BCUT2D eigenvalue weighted by Crippen LogP contribution is 2.66. The highest BCUT2D eigenvalue weighted by atomic mass is 32.1. The summed E-state index contributed by atoms with van der Waals surface area (Å²) >= 11 is 1.26. The third-order valence-electron chi connectivity index (χ3n) is 8.97. The first kappa shape index (κ1) is 21.6.